The predicted octanol–water partition coefficient (Wildman–Crippen LogP) is 3.93. The lowest BCUT2D eigenvalue weighted by atomic mass is 10.0. The van der Waals surface area contributed by atoms with Gasteiger partial charge in [-0.15, -0.1) is 11.3 Å². The maximum absolute atomic E-state index is 12.7. The van der Waals surface area contributed by atoms with E-state index >= 15 is 0 Å². The minimum atomic E-state index is -3.68. The molecule has 0 spiro atoms. The molecule has 1 saturated heterocycles. The molecule has 4 heterocycles. The Kier molecular flexibility index (Phi) is 6.96. The first-order valence-corrected chi connectivity index (χ1v) is 13.2. The first-order chi connectivity index (χ1) is 15.7. The van der Waals surface area contributed by atoms with Gasteiger partial charge in [-0.2, -0.15) is 5.10 Å². The maximum atomic E-state index is 12.7. The molecule has 0 amide bonds. The van der Waals surface area contributed by atoms with Crippen LogP contribution in [-0.2, 0) is 17.1 Å². The molecule has 3 aromatic rings. The number of aromatic amines is 1. The number of nitrogens with one attached hydrogen (secondary N) is 2. The number of rotatable bonds is 6. The predicted molar refractivity (Wildman–Crippen MR) is 134 cm³/mol. The Labute approximate surface area is 206 Å². The van der Waals surface area contributed by atoms with Crippen LogP contribution in [0.25, 0.3) is 11.3 Å². The Morgan fingerprint density at radius 1 is 1.33 bits per heavy atom. The smallest absolute Gasteiger partial charge is 0.250 e. The molecular weight excluding hydrogens is 505 g/mol. The van der Waals surface area contributed by atoms with Crippen LogP contribution in [0.1, 0.15) is 18.4 Å². The number of hydrogen-bond donors (Lipinski definition) is 2. The van der Waals surface area contributed by atoms with E-state index in [4.69, 9.17) is 23.2 Å². The zero-order chi connectivity index (χ0) is 23.8. The molecule has 0 atom stereocenters. The van der Waals surface area contributed by atoms with Gasteiger partial charge in [0.1, 0.15) is 20.2 Å². The van der Waals surface area contributed by atoms with E-state index in [0.717, 1.165) is 34.0 Å². The van der Waals surface area contributed by atoms with Gasteiger partial charge in [-0.05, 0) is 31.7 Å². The lowest BCUT2D eigenvalue weighted by Gasteiger charge is -2.34. The molecule has 0 bridgehead atoms. The molecular formula is C20H23Cl2N7O2S2. The molecule has 0 saturated carbocycles. The van der Waals surface area contributed by atoms with Gasteiger partial charge in [-0.1, -0.05) is 23.2 Å². The fraction of sp³-hybridized carbons (Fsp3) is 0.350. The van der Waals surface area contributed by atoms with Crippen molar-refractivity contribution in [1.82, 2.24) is 24.4 Å². The lowest BCUT2D eigenvalue weighted by Crippen LogP contribution is -2.46. The molecule has 1 aliphatic rings. The Bertz CT molecular complexity index is 1280. The first-order valence-electron chi connectivity index (χ1n) is 10.1. The zero-order valence-corrected chi connectivity index (χ0v) is 21.2. The van der Waals surface area contributed by atoms with Gasteiger partial charge in [-0.25, -0.2) is 18.1 Å². The number of piperidine rings is 1. The summed E-state index contributed by atoms with van der Waals surface area (Å²) in [6.07, 6.45) is 4.94. The molecule has 1 fully saturated rings. The lowest BCUT2D eigenvalue weighted by molar-refractivity contribution is 0.302. The van der Waals surface area contributed by atoms with Gasteiger partial charge in [0.25, 0.3) is 0 Å². The number of aromatic nitrogens is 3. The summed E-state index contributed by atoms with van der Waals surface area (Å²) in [4.78, 5) is 14.1. The third-order valence-corrected chi connectivity index (χ3v) is 9.29. The van der Waals surface area contributed by atoms with E-state index in [1.54, 1.807) is 17.9 Å². The van der Waals surface area contributed by atoms with E-state index in [2.05, 4.69) is 36.4 Å². The molecule has 2 N–H and O–H groups in total. The fourth-order valence-corrected chi connectivity index (χ4v) is 7.03. The Balaban J connectivity index is 1.47. The highest BCUT2D eigenvalue weighted by Gasteiger charge is 2.29. The molecule has 4 rings (SSSR count). The van der Waals surface area contributed by atoms with Crippen LogP contribution in [0.15, 0.2) is 38.7 Å². The van der Waals surface area contributed by atoms with E-state index in [9.17, 15) is 8.42 Å². The van der Waals surface area contributed by atoms with Crippen LogP contribution >= 0.6 is 34.5 Å². The van der Waals surface area contributed by atoms with E-state index in [-0.39, 0.29) is 19.6 Å². The normalized spacial score (nSPS) is 15.9. The number of H-pyrrole nitrogens is 1. The summed E-state index contributed by atoms with van der Waals surface area (Å²) in [7, 11) is -0.0841. The summed E-state index contributed by atoms with van der Waals surface area (Å²) in [6, 6.07) is 3.17. The molecule has 33 heavy (non-hydrogen) atoms. The van der Waals surface area contributed by atoms with Gasteiger partial charge in [0.05, 0.1) is 22.5 Å². The number of aliphatic imine (C=N–C) groups is 2. The number of halogens is 2. The zero-order valence-electron chi connectivity index (χ0n) is 18.0. The second kappa shape index (κ2) is 9.59. The average molecular weight is 528 g/mol. The Hall–Kier alpha value is -2.18. The van der Waals surface area contributed by atoms with Crippen molar-refractivity contribution in [2.75, 3.05) is 20.1 Å². The number of thiophene rings is 1. The highest BCUT2D eigenvalue weighted by molar-refractivity contribution is 7.91. The van der Waals surface area contributed by atoms with Crippen LogP contribution < -0.4 is 4.72 Å². The third kappa shape index (κ3) is 5.02. The molecule has 13 heteroatoms. The van der Waals surface area contributed by atoms with Gasteiger partial charge in [-0.3, -0.25) is 9.67 Å². The van der Waals surface area contributed by atoms with Crippen molar-refractivity contribution in [3.8, 4) is 11.3 Å². The number of hydrogen-bond acceptors (Lipinski definition) is 6. The summed E-state index contributed by atoms with van der Waals surface area (Å²) in [5.74, 6) is 1.41. The highest BCUT2D eigenvalue weighted by Crippen LogP contribution is 2.34. The third-order valence-electron chi connectivity index (χ3n) is 5.43. The van der Waals surface area contributed by atoms with Crippen molar-refractivity contribution in [2.45, 2.75) is 23.1 Å². The molecule has 0 unspecified atom stereocenters. The largest absolute Gasteiger partial charge is 0.356 e. The Morgan fingerprint density at radius 2 is 2.06 bits per heavy atom. The molecule has 0 aromatic carbocycles. The topological polar surface area (TPSA) is 108 Å². The molecule has 0 aliphatic carbocycles. The second-order valence-electron chi connectivity index (χ2n) is 7.62. The molecule has 9 nitrogen and oxygen atoms in total. The average Bonchev–Trinajstić information content (AvgIpc) is 3.49. The van der Waals surface area contributed by atoms with Gasteiger partial charge >= 0.3 is 0 Å². The van der Waals surface area contributed by atoms with Crippen LogP contribution in [0.4, 0.5) is 5.82 Å². The van der Waals surface area contributed by atoms with Crippen LogP contribution in [0.2, 0.25) is 9.36 Å². The summed E-state index contributed by atoms with van der Waals surface area (Å²) in [5.41, 5.74) is 2.65. The number of sulfonamides is 1. The van der Waals surface area contributed by atoms with Crippen LogP contribution in [0.5, 0.6) is 0 Å². The van der Waals surface area contributed by atoms with Crippen LogP contribution in [-0.4, -0.2) is 66.8 Å². The maximum Gasteiger partial charge on any atom is 0.250 e. The van der Waals surface area contributed by atoms with Crippen LogP contribution in [0.3, 0.4) is 0 Å². The minimum Gasteiger partial charge on any atom is -0.356 e. The second-order valence-corrected chi connectivity index (χ2v) is 11.6. The van der Waals surface area contributed by atoms with Crippen molar-refractivity contribution in [3.63, 3.8) is 0 Å². The van der Waals surface area contributed by atoms with Crippen LogP contribution in [0, 0.1) is 0 Å². The molecule has 1 aliphatic heterocycles. The first kappa shape index (κ1) is 24.0. The molecule has 0 radical (unpaired) electrons. The monoisotopic (exact) mass is 527 g/mol. The summed E-state index contributed by atoms with van der Waals surface area (Å²) >= 11 is 12.8. The van der Waals surface area contributed by atoms with E-state index in [0.29, 0.717) is 31.7 Å². The van der Waals surface area contributed by atoms with Crippen molar-refractivity contribution >= 4 is 62.9 Å². The summed E-state index contributed by atoms with van der Waals surface area (Å²) in [5, 5.41) is 4.46. The SMILES string of the molecule is C=Nc1[nH]c(-c2cnn(C)c2)cc1C(=NC)N1CCC(NS(=O)(=O)c2cc(Cl)c(Cl)s2)CC1. The minimum absolute atomic E-state index is 0.118. The van der Waals surface area contributed by atoms with E-state index < -0.39 is 10.0 Å². The number of amidine groups is 1. The number of aryl methyl sites for hydroxylation is 1. The van der Waals surface area contributed by atoms with Crippen molar-refractivity contribution in [3.05, 3.63) is 39.4 Å². The number of likely N-dealkylation sites (tertiary alicyclic amines) is 1. The molecule has 3 aromatic heterocycles. The Morgan fingerprint density at radius 3 is 2.61 bits per heavy atom. The fourth-order valence-electron chi connectivity index (χ4n) is 3.83. The van der Waals surface area contributed by atoms with Crippen molar-refractivity contribution in [1.29, 1.82) is 0 Å². The van der Waals surface area contributed by atoms with Gasteiger partial charge in [0, 0.05) is 45.0 Å². The van der Waals surface area contributed by atoms with Gasteiger partial charge in [0.15, 0.2) is 0 Å². The van der Waals surface area contributed by atoms with Crippen molar-refractivity contribution < 1.29 is 8.42 Å². The summed E-state index contributed by atoms with van der Waals surface area (Å²) < 4.78 is 30.3. The highest BCUT2D eigenvalue weighted by atomic mass is 35.5. The van der Waals surface area contributed by atoms with E-state index in [1.165, 1.54) is 6.07 Å². The summed E-state index contributed by atoms with van der Waals surface area (Å²) in [6.45, 7) is 4.95. The molecule has 176 valence electrons. The standard InChI is InChI=1S/C20H23Cl2N7O2S2/c1-23-19-14(8-16(26-19)12-10-25-28(3)11-12)20(24-2)29-6-4-13(5-7-29)27-33(30,31)17-9-15(21)18(22)32-17/h8-11,13,26-27H,1,4-7H2,2-3H3. The van der Waals surface area contributed by atoms with Gasteiger partial charge < -0.3 is 9.88 Å². The van der Waals surface area contributed by atoms with Crippen molar-refractivity contribution in [2.24, 2.45) is 17.0 Å². The number of nitrogens with zero attached hydrogens (tertiary/aromatic N) is 5. The van der Waals surface area contributed by atoms with Gasteiger partial charge in [0.2, 0.25) is 10.0 Å². The van der Waals surface area contributed by atoms with E-state index in [1.807, 2.05) is 19.3 Å². The quantitative estimate of drug-likeness (QED) is 0.373.